The molecule has 1 heterocycles. The van der Waals surface area contributed by atoms with Crippen LogP contribution >= 0.6 is 0 Å². The van der Waals surface area contributed by atoms with Crippen LogP contribution in [-0.2, 0) is 0 Å². The average Bonchev–Trinajstić information content (AvgIpc) is 3.41. The van der Waals surface area contributed by atoms with E-state index >= 15 is 0 Å². The summed E-state index contributed by atoms with van der Waals surface area (Å²) in [4.78, 5) is 0. The molecule has 0 saturated carbocycles. The predicted molar refractivity (Wildman–Crippen MR) is 189 cm³/mol. The largest absolute Gasteiger partial charge is 0.309 e. The van der Waals surface area contributed by atoms with Crippen molar-refractivity contribution in [3.63, 3.8) is 0 Å². The molecular formula is C43H29N. The normalized spacial score (nSPS) is 11.8. The van der Waals surface area contributed by atoms with Gasteiger partial charge in [0.15, 0.2) is 0 Å². The minimum atomic E-state index is 1.17. The molecule has 9 aromatic rings. The number of rotatable bonds is 3. The van der Waals surface area contributed by atoms with E-state index in [1.165, 1.54) is 87.6 Å². The second-order valence-corrected chi connectivity index (χ2v) is 11.8. The SMILES string of the molecule is Cc1ccc2cc(-c3c4ccccc4c(-c4cccc(-n5c6ccccc6c6ccccc65)c4)c4ccccc34)ccc2c1. The molecule has 0 fully saturated rings. The Morgan fingerprint density at radius 3 is 1.43 bits per heavy atom. The fraction of sp³-hybridized carbons (Fsp3) is 0.0233. The zero-order chi connectivity index (χ0) is 29.2. The van der Waals surface area contributed by atoms with Gasteiger partial charge in [-0.2, -0.15) is 0 Å². The van der Waals surface area contributed by atoms with Crippen LogP contribution in [0, 0.1) is 6.92 Å². The van der Waals surface area contributed by atoms with Crippen LogP contribution in [0.3, 0.4) is 0 Å². The summed E-state index contributed by atoms with van der Waals surface area (Å²) in [5.41, 5.74) is 9.94. The Hall–Kier alpha value is -5.66. The molecule has 44 heavy (non-hydrogen) atoms. The predicted octanol–water partition coefficient (Wildman–Crippen LogP) is 11.9. The number of hydrogen-bond acceptors (Lipinski definition) is 0. The molecule has 0 aliphatic carbocycles. The molecule has 8 aromatic carbocycles. The monoisotopic (exact) mass is 559 g/mol. The minimum absolute atomic E-state index is 1.17. The molecule has 1 nitrogen and oxygen atoms in total. The molecular weight excluding hydrogens is 530 g/mol. The van der Waals surface area contributed by atoms with Gasteiger partial charge in [0.05, 0.1) is 11.0 Å². The van der Waals surface area contributed by atoms with Gasteiger partial charge >= 0.3 is 0 Å². The maximum absolute atomic E-state index is 2.41. The highest BCUT2D eigenvalue weighted by Crippen LogP contribution is 2.44. The van der Waals surface area contributed by atoms with Crippen LogP contribution in [0.4, 0.5) is 0 Å². The molecule has 9 rings (SSSR count). The fourth-order valence-electron chi connectivity index (χ4n) is 7.27. The molecule has 206 valence electrons. The van der Waals surface area contributed by atoms with E-state index < -0.39 is 0 Å². The first-order valence-electron chi connectivity index (χ1n) is 15.3. The topological polar surface area (TPSA) is 4.93 Å². The van der Waals surface area contributed by atoms with Crippen molar-refractivity contribution in [3.05, 3.63) is 163 Å². The van der Waals surface area contributed by atoms with E-state index in [1.54, 1.807) is 0 Å². The lowest BCUT2D eigenvalue weighted by Crippen LogP contribution is -1.95. The van der Waals surface area contributed by atoms with Crippen molar-refractivity contribution >= 4 is 54.1 Å². The third-order valence-corrected chi connectivity index (χ3v) is 9.19. The van der Waals surface area contributed by atoms with Gasteiger partial charge in [-0.3, -0.25) is 0 Å². The maximum atomic E-state index is 2.41. The quantitative estimate of drug-likeness (QED) is 0.190. The summed E-state index contributed by atoms with van der Waals surface area (Å²) in [5, 5.41) is 10.2. The Labute approximate surface area is 256 Å². The number of aryl methyl sites for hydroxylation is 1. The summed E-state index contributed by atoms with van der Waals surface area (Å²) in [7, 11) is 0. The molecule has 0 atom stereocenters. The lowest BCUT2D eigenvalue weighted by Gasteiger charge is -2.19. The van der Waals surface area contributed by atoms with E-state index in [1.807, 2.05) is 0 Å². The van der Waals surface area contributed by atoms with Gasteiger partial charge in [-0.15, -0.1) is 0 Å². The van der Waals surface area contributed by atoms with Crippen molar-refractivity contribution in [2.75, 3.05) is 0 Å². The summed E-state index contributed by atoms with van der Waals surface area (Å²) in [6.07, 6.45) is 0. The van der Waals surface area contributed by atoms with Crippen LogP contribution in [0.15, 0.2) is 158 Å². The van der Waals surface area contributed by atoms with Crippen molar-refractivity contribution in [2.45, 2.75) is 6.92 Å². The number of fused-ring (bicyclic) bond motifs is 6. The van der Waals surface area contributed by atoms with Crippen LogP contribution in [0.2, 0.25) is 0 Å². The lowest BCUT2D eigenvalue weighted by molar-refractivity contribution is 1.18. The van der Waals surface area contributed by atoms with E-state index in [4.69, 9.17) is 0 Å². The van der Waals surface area contributed by atoms with Gasteiger partial charge in [0.25, 0.3) is 0 Å². The molecule has 0 spiro atoms. The van der Waals surface area contributed by atoms with E-state index in [-0.39, 0.29) is 0 Å². The summed E-state index contributed by atoms with van der Waals surface area (Å²) in [6, 6.07) is 58.0. The highest BCUT2D eigenvalue weighted by atomic mass is 15.0. The summed E-state index contributed by atoms with van der Waals surface area (Å²) in [5.74, 6) is 0. The van der Waals surface area contributed by atoms with Gasteiger partial charge in [-0.1, -0.05) is 133 Å². The first kappa shape index (κ1) is 24.9. The third-order valence-electron chi connectivity index (χ3n) is 9.19. The Morgan fingerprint density at radius 1 is 0.364 bits per heavy atom. The summed E-state index contributed by atoms with van der Waals surface area (Å²) < 4.78 is 2.41. The molecule has 1 aromatic heterocycles. The van der Waals surface area contributed by atoms with Crippen LogP contribution in [0.1, 0.15) is 5.56 Å². The molecule has 0 aliphatic heterocycles. The molecule has 0 saturated heterocycles. The van der Waals surface area contributed by atoms with E-state index in [0.29, 0.717) is 0 Å². The van der Waals surface area contributed by atoms with Crippen LogP contribution < -0.4 is 0 Å². The second kappa shape index (κ2) is 9.69. The number of benzene rings is 8. The summed E-state index contributed by atoms with van der Waals surface area (Å²) in [6.45, 7) is 2.16. The van der Waals surface area contributed by atoms with Crippen LogP contribution in [-0.4, -0.2) is 4.57 Å². The van der Waals surface area contributed by atoms with Crippen molar-refractivity contribution < 1.29 is 0 Å². The summed E-state index contributed by atoms with van der Waals surface area (Å²) >= 11 is 0. The van der Waals surface area contributed by atoms with Gasteiger partial charge in [0.2, 0.25) is 0 Å². The molecule has 1 heteroatoms. The number of hydrogen-bond donors (Lipinski definition) is 0. The van der Waals surface area contributed by atoms with Crippen molar-refractivity contribution in [1.29, 1.82) is 0 Å². The zero-order valence-corrected chi connectivity index (χ0v) is 24.5. The second-order valence-electron chi connectivity index (χ2n) is 11.8. The van der Waals surface area contributed by atoms with E-state index in [9.17, 15) is 0 Å². The minimum Gasteiger partial charge on any atom is -0.309 e. The number of para-hydroxylation sites is 2. The Balaban J connectivity index is 1.33. The lowest BCUT2D eigenvalue weighted by atomic mass is 9.85. The Morgan fingerprint density at radius 2 is 0.841 bits per heavy atom. The Kier molecular flexibility index (Phi) is 5.48. The molecule has 0 radical (unpaired) electrons. The average molecular weight is 560 g/mol. The zero-order valence-electron chi connectivity index (χ0n) is 24.5. The van der Waals surface area contributed by atoms with Gasteiger partial charge in [-0.05, 0) is 91.8 Å². The highest BCUT2D eigenvalue weighted by Gasteiger charge is 2.18. The number of aromatic nitrogens is 1. The molecule has 0 unspecified atom stereocenters. The van der Waals surface area contributed by atoms with E-state index in [2.05, 4.69) is 169 Å². The first-order chi connectivity index (χ1) is 21.7. The van der Waals surface area contributed by atoms with Crippen molar-refractivity contribution in [3.8, 4) is 27.9 Å². The standard InChI is InChI=1S/C43H29N/c1-28-21-22-30-26-32(24-23-29(30)25-28)43-38-17-4-2-15-36(38)42(37-16-3-5-18-39(37)43)31-11-10-12-33(27-31)44-40-19-8-6-13-34(40)35-14-7-9-20-41(35)44/h2-27H,1H3. The molecule has 0 bridgehead atoms. The molecule has 0 N–H and O–H groups in total. The van der Waals surface area contributed by atoms with Gasteiger partial charge in [0.1, 0.15) is 0 Å². The highest BCUT2D eigenvalue weighted by molar-refractivity contribution is 6.22. The van der Waals surface area contributed by atoms with Crippen LogP contribution in [0.5, 0.6) is 0 Å². The van der Waals surface area contributed by atoms with Gasteiger partial charge in [0, 0.05) is 16.5 Å². The van der Waals surface area contributed by atoms with Gasteiger partial charge in [-0.25, -0.2) is 0 Å². The smallest absolute Gasteiger partial charge is 0.0541 e. The third kappa shape index (κ3) is 3.73. The molecule has 0 aliphatic rings. The van der Waals surface area contributed by atoms with Crippen molar-refractivity contribution in [1.82, 2.24) is 4.57 Å². The van der Waals surface area contributed by atoms with Crippen molar-refractivity contribution in [2.24, 2.45) is 0 Å². The van der Waals surface area contributed by atoms with Crippen LogP contribution in [0.25, 0.3) is 82.1 Å². The fourth-order valence-corrected chi connectivity index (χ4v) is 7.27. The molecule has 0 amide bonds. The van der Waals surface area contributed by atoms with Gasteiger partial charge < -0.3 is 4.57 Å². The Bertz CT molecular complexity index is 2450. The number of nitrogens with zero attached hydrogens (tertiary/aromatic N) is 1. The maximum Gasteiger partial charge on any atom is 0.0541 e. The van der Waals surface area contributed by atoms with E-state index in [0.717, 1.165) is 0 Å². The first-order valence-corrected chi connectivity index (χ1v) is 15.3.